The van der Waals surface area contributed by atoms with E-state index in [2.05, 4.69) is 4.98 Å². The number of anilines is 1. The fraction of sp³-hybridized carbons (Fsp3) is 0.158. The summed E-state index contributed by atoms with van der Waals surface area (Å²) < 4.78 is 45.8. The third kappa shape index (κ3) is 2.47. The van der Waals surface area contributed by atoms with Crippen molar-refractivity contribution in [3.05, 3.63) is 65.0 Å². The van der Waals surface area contributed by atoms with Crippen LogP contribution in [0, 0.1) is 17.5 Å². The van der Waals surface area contributed by atoms with Crippen LogP contribution in [0.5, 0.6) is 5.75 Å². The zero-order valence-electron chi connectivity index (χ0n) is 13.7. The van der Waals surface area contributed by atoms with E-state index in [1.54, 1.807) is 19.2 Å². The lowest BCUT2D eigenvalue weighted by atomic mass is 10.1. The van der Waals surface area contributed by atoms with E-state index in [1.807, 2.05) is 12.1 Å². The highest BCUT2D eigenvalue weighted by Crippen LogP contribution is 2.32. The van der Waals surface area contributed by atoms with Crippen LogP contribution in [0.1, 0.15) is 15.9 Å². The number of carbonyl (C=O) groups is 1. The topological polar surface area (TPSA) is 42.4 Å². The first kappa shape index (κ1) is 16.4. The summed E-state index contributed by atoms with van der Waals surface area (Å²) >= 11 is 0. The first-order valence-corrected chi connectivity index (χ1v) is 7.92. The molecular weight excluding hydrogens is 345 g/mol. The molecule has 0 bridgehead atoms. The summed E-state index contributed by atoms with van der Waals surface area (Å²) in [6.45, 7) is 0.285. The smallest absolute Gasteiger partial charge is 0.262 e. The number of rotatable bonds is 2. The number of carbonyl (C=O) groups excluding carboxylic acids is 1. The Bertz CT molecular complexity index is 1050. The molecule has 0 fully saturated rings. The summed E-state index contributed by atoms with van der Waals surface area (Å²) in [5.41, 5.74) is 0.950. The number of nitrogens with zero attached hydrogens (tertiary/aromatic N) is 2. The molecule has 4 nitrogen and oxygen atoms in total. The second kappa shape index (κ2) is 6.01. The van der Waals surface area contributed by atoms with Gasteiger partial charge in [-0.1, -0.05) is 0 Å². The van der Waals surface area contributed by atoms with E-state index < -0.39 is 28.9 Å². The van der Waals surface area contributed by atoms with Crippen molar-refractivity contribution in [1.82, 2.24) is 4.98 Å². The monoisotopic (exact) mass is 358 g/mol. The Morgan fingerprint density at radius 3 is 2.69 bits per heavy atom. The first-order valence-electron chi connectivity index (χ1n) is 7.92. The molecule has 3 aromatic rings. The van der Waals surface area contributed by atoms with E-state index >= 15 is 0 Å². The number of pyridine rings is 1. The van der Waals surface area contributed by atoms with Gasteiger partial charge in [-0.25, -0.2) is 18.2 Å². The van der Waals surface area contributed by atoms with Crippen molar-refractivity contribution in [3.8, 4) is 5.75 Å². The van der Waals surface area contributed by atoms with E-state index in [9.17, 15) is 18.0 Å². The SMILES string of the molecule is COc1ccc2nc3c(cc2c1)CCN3C(=O)c1ccc(F)c(F)c1F. The molecule has 4 rings (SSSR count). The number of ether oxygens (including phenoxy) is 1. The average molecular weight is 358 g/mol. The molecule has 7 heteroatoms. The minimum Gasteiger partial charge on any atom is -0.497 e. The molecule has 2 aromatic carbocycles. The average Bonchev–Trinajstić information content (AvgIpc) is 3.06. The maximum absolute atomic E-state index is 14.0. The van der Waals surface area contributed by atoms with Gasteiger partial charge in [0.2, 0.25) is 0 Å². The van der Waals surface area contributed by atoms with Gasteiger partial charge in [-0.05, 0) is 48.4 Å². The van der Waals surface area contributed by atoms with E-state index in [0.717, 1.165) is 23.1 Å². The van der Waals surface area contributed by atoms with Crippen molar-refractivity contribution in [2.75, 3.05) is 18.6 Å². The Kier molecular flexibility index (Phi) is 3.79. The van der Waals surface area contributed by atoms with Gasteiger partial charge in [0.15, 0.2) is 17.5 Å². The molecule has 1 aromatic heterocycles. The molecule has 1 amide bonds. The Balaban J connectivity index is 1.77. The molecule has 0 N–H and O–H groups in total. The fourth-order valence-electron chi connectivity index (χ4n) is 3.11. The number of methoxy groups -OCH3 is 1. The fourth-order valence-corrected chi connectivity index (χ4v) is 3.11. The van der Waals surface area contributed by atoms with Gasteiger partial charge in [0.05, 0.1) is 18.2 Å². The summed E-state index contributed by atoms with van der Waals surface area (Å²) in [6.07, 6.45) is 0.534. The third-order valence-electron chi connectivity index (χ3n) is 4.45. The third-order valence-corrected chi connectivity index (χ3v) is 4.45. The maximum Gasteiger partial charge on any atom is 0.262 e. The van der Waals surface area contributed by atoms with Crippen LogP contribution in [0.3, 0.4) is 0 Å². The van der Waals surface area contributed by atoms with Crippen molar-refractivity contribution < 1.29 is 22.7 Å². The molecule has 26 heavy (non-hydrogen) atoms. The number of fused-ring (bicyclic) bond motifs is 2. The number of hydrogen-bond acceptors (Lipinski definition) is 3. The van der Waals surface area contributed by atoms with E-state index in [1.165, 1.54) is 4.90 Å². The van der Waals surface area contributed by atoms with Crippen LogP contribution in [-0.4, -0.2) is 24.5 Å². The van der Waals surface area contributed by atoms with Gasteiger partial charge in [0, 0.05) is 11.9 Å². The summed E-state index contributed by atoms with van der Waals surface area (Å²) in [5, 5.41) is 0.858. The van der Waals surface area contributed by atoms with Gasteiger partial charge in [0.1, 0.15) is 11.6 Å². The molecule has 0 saturated carbocycles. The highest BCUT2D eigenvalue weighted by Gasteiger charge is 2.30. The lowest BCUT2D eigenvalue weighted by Crippen LogP contribution is -2.30. The lowest BCUT2D eigenvalue weighted by molar-refractivity contribution is 0.0983. The summed E-state index contributed by atoms with van der Waals surface area (Å²) in [4.78, 5) is 18.4. The standard InChI is InChI=1S/C19H13F3N2O2/c1-26-12-2-5-15-11(9-12)8-10-6-7-24(18(10)23-15)19(25)13-3-4-14(20)17(22)16(13)21/h2-5,8-9H,6-7H2,1H3. The predicted molar refractivity (Wildman–Crippen MR) is 90.0 cm³/mol. The van der Waals surface area contributed by atoms with Gasteiger partial charge in [-0.2, -0.15) is 0 Å². The summed E-state index contributed by atoms with van der Waals surface area (Å²) in [6, 6.07) is 8.92. The van der Waals surface area contributed by atoms with Crippen LogP contribution in [-0.2, 0) is 6.42 Å². The summed E-state index contributed by atoms with van der Waals surface area (Å²) in [7, 11) is 1.57. The normalized spacial score (nSPS) is 13.2. The quantitative estimate of drug-likeness (QED) is 0.653. The molecule has 1 aliphatic heterocycles. The zero-order chi connectivity index (χ0) is 18.4. The minimum absolute atomic E-state index is 0.285. The Morgan fingerprint density at radius 1 is 1.12 bits per heavy atom. The molecule has 0 unspecified atom stereocenters. The molecule has 0 spiro atoms. The number of hydrogen-bond donors (Lipinski definition) is 0. The van der Waals surface area contributed by atoms with Crippen molar-refractivity contribution >= 4 is 22.6 Å². The molecular formula is C19H13F3N2O2. The number of benzene rings is 2. The molecule has 0 atom stereocenters. The Morgan fingerprint density at radius 2 is 1.92 bits per heavy atom. The van der Waals surface area contributed by atoms with Crippen LogP contribution in [0.4, 0.5) is 19.0 Å². The molecule has 1 aliphatic rings. The number of halogens is 3. The Hall–Kier alpha value is -3.09. The second-order valence-electron chi connectivity index (χ2n) is 5.96. The minimum atomic E-state index is -1.66. The molecule has 2 heterocycles. The van der Waals surface area contributed by atoms with Crippen LogP contribution >= 0.6 is 0 Å². The van der Waals surface area contributed by atoms with Crippen molar-refractivity contribution in [2.24, 2.45) is 0 Å². The van der Waals surface area contributed by atoms with Crippen LogP contribution < -0.4 is 9.64 Å². The highest BCUT2D eigenvalue weighted by atomic mass is 19.2. The van der Waals surface area contributed by atoms with Crippen molar-refractivity contribution in [1.29, 1.82) is 0 Å². The molecule has 0 radical (unpaired) electrons. The lowest BCUT2D eigenvalue weighted by Gasteiger charge is -2.17. The van der Waals surface area contributed by atoms with Crippen molar-refractivity contribution in [3.63, 3.8) is 0 Å². The molecule has 0 aliphatic carbocycles. The highest BCUT2D eigenvalue weighted by molar-refractivity contribution is 6.07. The van der Waals surface area contributed by atoms with E-state index in [4.69, 9.17) is 4.74 Å². The Labute approximate surface area is 146 Å². The largest absolute Gasteiger partial charge is 0.497 e. The van der Waals surface area contributed by atoms with Gasteiger partial charge in [-0.3, -0.25) is 9.69 Å². The second-order valence-corrected chi connectivity index (χ2v) is 5.96. The van der Waals surface area contributed by atoms with Gasteiger partial charge < -0.3 is 4.74 Å². The zero-order valence-corrected chi connectivity index (χ0v) is 13.7. The predicted octanol–water partition coefficient (Wildman–Crippen LogP) is 3.86. The molecule has 132 valence electrons. The van der Waals surface area contributed by atoms with Crippen LogP contribution in [0.15, 0.2) is 36.4 Å². The first-order chi connectivity index (χ1) is 12.5. The number of aromatic nitrogens is 1. The van der Waals surface area contributed by atoms with Gasteiger partial charge in [0.25, 0.3) is 5.91 Å². The van der Waals surface area contributed by atoms with Gasteiger partial charge >= 0.3 is 0 Å². The maximum atomic E-state index is 14.0. The van der Waals surface area contributed by atoms with Crippen LogP contribution in [0.25, 0.3) is 10.9 Å². The van der Waals surface area contributed by atoms with E-state index in [-0.39, 0.29) is 6.54 Å². The van der Waals surface area contributed by atoms with Gasteiger partial charge in [-0.15, -0.1) is 0 Å². The van der Waals surface area contributed by atoms with Crippen molar-refractivity contribution in [2.45, 2.75) is 6.42 Å². The summed E-state index contributed by atoms with van der Waals surface area (Å²) in [5.74, 6) is -4.15. The molecule has 0 saturated heterocycles. The van der Waals surface area contributed by atoms with E-state index in [0.29, 0.717) is 23.5 Å². The van der Waals surface area contributed by atoms with Crippen LogP contribution in [0.2, 0.25) is 0 Å². The number of amides is 1.